The van der Waals surface area contributed by atoms with Crippen LogP contribution in [0.3, 0.4) is 0 Å². The number of rotatable bonds is 1. The minimum atomic E-state index is -0.333. The van der Waals surface area contributed by atoms with E-state index in [0.29, 0.717) is 12.1 Å². The second-order valence-electron chi connectivity index (χ2n) is 3.35. The van der Waals surface area contributed by atoms with Gasteiger partial charge in [0.2, 0.25) is 0 Å². The van der Waals surface area contributed by atoms with Crippen LogP contribution in [0.5, 0.6) is 0 Å². The van der Waals surface area contributed by atoms with Gasteiger partial charge in [0, 0.05) is 0 Å². The molecular weight excluding hydrogens is 180 g/mol. The summed E-state index contributed by atoms with van der Waals surface area (Å²) in [4.78, 5) is 2.17. The first-order valence-electron chi connectivity index (χ1n) is 4.18. The highest BCUT2D eigenvalue weighted by Gasteiger charge is 2.31. The molecule has 0 amide bonds. The quantitative estimate of drug-likeness (QED) is 0.580. The molecule has 1 fully saturated rings. The first-order valence-corrected chi connectivity index (χ1v) is 5.06. The van der Waals surface area contributed by atoms with Gasteiger partial charge in [0.1, 0.15) is 0 Å². The van der Waals surface area contributed by atoms with Gasteiger partial charge in [-0.05, 0) is 24.9 Å². The molecule has 0 bridgehead atoms. The minimum Gasteiger partial charge on any atom is -0.310 e. The van der Waals surface area contributed by atoms with Crippen LogP contribution in [0.15, 0.2) is 0 Å². The molecule has 64 valence electrons. The number of halogens is 2. The summed E-state index contributed by atoms with van der Waals surface area (Å²) in [5.74, 6) is 0. The number of nitrogens with zero attached hydrogens (tertiary/aromatic N) is 1. The molecular formula is C7H14BCl2N. The van der Waals surface area contributed by atoms with Gasteiger partial charge in [0.15, 0.2) is 0 Å². The van der Waals surface area contributed by atoms with E-state index in [1.807, 2.05) is 0 Å². The van der Waals surface area contributed by atoms with E-state index in [4.69, 9.17) is 22.9 Å². The van der Waals surface area contributed by atoms with E-state index in [9.17, 15) is 0 Å². The van der Waals surface area contributed by atoms with Gasteiger partial charge in [0.25, 0.3) is 0 Å². The molecule has 0 saturated carbocycles. The Morgan fingerprint density at radius 3 is 1.91 bits per heavy atom. The Bertz CT molecular complexity index is 122. The first kappa shape index (κ1) is 9.69. The fourth-order valence-electron chi connectivity index (χ4n) is 1.83. The van der Waals surface area contributed by atoms with E-state index in [1.54, 1.807) is 0 Å². The normalized spacial score (nSPS) is 33.8. The van der Waals surface area contributed by atoms with Crippen molar-refractivity contribution in [1.29, 1.82) is 0 Å². The molecule has 1 heterocycles. The van der Waals surface area contributed by atoms with Crippen LogP contribution in [0, 0.1) is 0 Å². The molecule has 0 spiro atoms. The van der Waals surface area contributed by atoms with Gasteiger partial charge in [-0.1, -0.05) is 20.3 Å². The standard InChI is InChI=1S/C7H14BCl2N/c1-6-4-3-5-7(2)11(6)8(9)10/h6-7H,3-5H2,1-2H3/t6-,7+. The van der Waals surface area contributed by atoms with Gasteiger partial charge in [0.05, 0.1) is 0 Å². The summed E-state index contributed by atoms with van der Waals surface area (Å²) in [7, 11) is 0. The zero-order valence-electron chi connectivity index (χ0n) is 7.06. The maximum Gasteiger partial charge on any atom is 0.435 e. The lowest BCUT2D eigenvalue weighted by Crippen LogP contribution is -2.48. The number of hydrogen-bond acceptors (Lipinski definition) is 1. The summed E-state index contributed by atoms with van der Waals surface area (Å²) in [5.41, 5.74) is -0.333. The van der Waals surface area contributed by atoms with Crippen LogP contribution in [-0.2, 0) is 0 Å². The average Bonchev–Trinajstić information content (AvgIpc) is 1.85. The molecule has 0 aliphatic carbocycles. The van der Waals surface area contributed by atoms with E-state index >= 15 is 0 Å². The summed E-state index contributed by atoms with van der Waals surface area (Å²) in [6.07, 6.45) is 3.75. The molecule has 0 aromatic carbocycles. The zero-order chi connectivity index (χ0) is 8.43. The van der Waals surface area contributed by atoms with Crippen molar-refractivity contribution in [3.8, 4) is 0 Å². The van der Waals surface area contributed by atoms with E-state index in [-0.39, 0.29) is 5.68 Å². The fourth-order valence-corrected chi connectivity index (χ4v) is 2.60. The Kier molecular flexibility index (Phi) is 3.54. The first-order chi connectivity index (χ1) is 5.13. The second kappa shape index (κ2) is 4.02. The molecule has 1 nitrogen and oxygen atoms in total. The Morgan fingerprint density at radius 1 is 1.18 bits per heavy atom. The molecule has 0 radical (unpaired) electrons. The molecule has 0 aromatic rings. The third-order valence-corrected chi connectivity index (χ3v) is 2.94. The zero-order valence-corrected chi connectivity index (χ0v) is 8.57. The van der Waals surface area contributed by atoms with E-state index < -0.39 is 0 Å². The Balaban J connectivity index is 2.55. The topological polar surface area (TPSA) is 3.24 Å². The predicted molar refractivity (Wildman–Crippen MR) is 52.1 cm³/mol. The smallest absolute Gasteiger partial charge is 0.310 e. The minimum absolute atomic E-state index is 0.333. The monoisotopic (exact) mass is 193 g/mol. The van der Waals surface area contributed by atoms with Gasteiger partial charge < -0.3 is 4.81 Å². The largest absolute Gasteiger partial charge is 0.435 e. The molecule has 4 heteroatoms. The molecule has 1 aliphatic heterocycles. The van der Waals surface area contributed by atoms with Crippen LogP contribution in [0.1, 0.15) is 33.1 Å². The van der Waals surface area contributed by atoms with Crippen molar-refractivity contribution < 1.29 is 0 Å². The summed E-state index contributed by atoms with van der Waals surface area (Å²) in [5, 5.41) is 0. The van der Waals surface area contributed by atoms with Gasteiger partial charge in [-0.25, -0.2) is 0 Å². The summed E-state index contributed by atoms with van der Waals surface area (Å²) in [6.45, 7) is 4.38. The van der Waals surface area contributed by atoms with Crippen molar-refractivity contribution in [3.05, 3.63) is 0 Å². The highest BCUT2D eigenvalue weighted by atomic mass is 35.5. The Morgan fingerprint density at radius 2 is 1.64 bits per heavy atom. The lowest BCUT2D eigenvalue weighted by atomic mass is 9.93. The van der Waals surface area contributed by atoms with Crippen LogP contribution in [0.25, 0.3) is 0 Å². The third kappa shape index (κ3) is 2.27. The average molecular weight is 194 g/mol. The summed E-state index contributed by atoms with van der Waals surface area (Å²) < 4.78 is 0. The molecule has 0 N–H and O–H groups in total. The van der Waals surface area contributed by atoms with Crippen molar-refractivity contribution in [2.24, 2.45) is 0 Å². The van der Waals surface area contributed by atoms with Gasteiger partial charge in [-0.3, -0.25) is 0 Å². The Labute approximate surface area is 79.0 Å². The van der Waals surface area contributed by atoms with Crippen LogP contribution < -0.4 is 0 Å². The molecule has 11 heavy (non-hydrogen) atoms. The highest BCUT2D eigenvalue weighted by molar-refractivity contribution is 7.32. The molecule has 1 rings (SSSR count). The van der Waals surface area contributed by atoms with Crippen molar-refractivity contribution in [1.82, 2.24) is 4.81 Å². The van der Waals surface area contributed by atoms with Crippen molar-refractivity contribution in [3.63, 3.8) is 0 Å². The van der Waals surface area contributed by atoms with Crippen molar-refractivity contribution in [2.75, 3.05) is 0 Å². The number of piperidine rings is 1. The highest BCUT2D eigenvalue weighted by Crippen LogP contribution is 2.25. The van der Waals surface area contributed by atoms with E-state index in [0.717, 1.165) is 0 Å². The van der Waals surface area contributed by atoms with Crippen LogP contribution in [-0.4, -0.2) is 22.6 Å². The van der Waals surface area contributed by atoms with Crippen LogP contribution >= 0.6 is 22.9 Å². The lowest BCUT2D eigenvalue weighted by Gasteiger charge is -2.38. The molecule has 2 atom stereocenters. The SMILES string of the molecule is C[C@@H]1CCC[C@H](C)N1B(Cl)Cl. The van der Waals surface area contributed by atoms with Gasteiger partial charge in [-0.2, -0.15) is 0 Å². The second-order valence-corrected chi connectivity index (χ2v) is 4.40. The summed E-state index contributed by atoms with van der Waals surface area (Å²) >= 11 is 11.7. The fraction of sp³-hybridized carbons (Fsp3) is 1.00. The van der Waals surface area contributed by atoms with Crippen LogP contribution in [0.4, 0.5) is 0 Å². The van der Waals surface area contributed by atoms with E-state index in [2.05, 4.69) is 18.7 Å². The summed E-state index contributed by atoms with van der Waals surface area (Å²) in [6, 6.07) is 1.08. The van der Waals surface area contributed by atoms with Gasteiger partial charge >= 0.3 is 5.68 Å². The predicted octanol–water partition coefficient (Wildman–Crippen LogP) is 2.71. The molecule has 0 aromatic heterocycles. The number of hydrogen-bond donors (Lipinski definition) is 0. The molecule has 1 aliphatic rings. The molecule has 1 saturated heterocycles. The maximum absolute atomic E-state index is 5.84. The van der Waals surface area contributed by atoms with Crippen LogP contribution in [0.2, 0.25) is 0 Å². The lowest BCUT2D eigenvalue weighted by molar-refractivity contribution is 0.207. The van der Waals surface area contributed by atoms with Gasteiger partial charge in [-0.15, -0.1) is 22.9 Å². The Hall–Kier alpha value is 0.605. The van der Waals surface area contributed by atoms with E-state index in [1.165, 1.54) is 19.3 Å². The van der Waals surface area contributed by atoms with Crippen molar-refractivity contribution >= 4 is 28.6 Å². The van der Waals surface area contributed by atoms with Crippen molar-refractivity contribution in [2.45, 2.75) is 45.2 Å². The molecule has 0 unspecified atom stereocenters. The maximum atomic E-state index is 5.84. The third-order valence-electron chi connectivity index (χ3n) is 2.49.